The first-order valence-corrected chi connectivity index (χ1v) is 9.72. The van der Waals surface area contributed by atoms with Gasteiger partial charge in [0, 0.05) is 22.3 Å². The molecule has 2 amide bonds. The second kappa shape index (κ2) is 10.3. The van der Waals surface area contributed by atoms with Gasteiger partial charge in [-0.25, -0.2) is 0 Å². The number of carbonyl (C=O) groups excluding carboxylic acids is 2. The van der Waals surface area contributed by atoms with Crippen molar-refractivity contribution in [2.75, 3.05) is 17.6 Å². The number of hydrogen-bond donors (Lipinski definition) is 2. The standard InChI is InChI=1S/C19H18Cl2N2O2S/c1-2-10-22-19(25)13-6-3-4-9-17(13)23-18(24)12-26-11-14-15(20)7-5-8-16(14)21/h2-9H,1,10-12H2,(H,22,25)(H,23,24). The van der Waals surface area contributed by atoms with Gasteiger partial charge in [-0.05, 0) is 29.8 Å². The molecule has 136 valence electrons. The van der Waals surface area contributed by atoms with Crippen LogP contribution >= 0.6 is 35.0 Å². The van der Waals surface area contributed by atoms with Crippen LogP contribution in [0.15, 0.2) is 55.1 Å². The molecule has 0 radical (unpaired) electrons. The molecule has 4 nitrogen and oxygen atoms in total. The van der Waals surface area contributed by atoms with Crippen LogP contribution in [0.5, 0.6) is 0 Å². The van der Waals surface area contributed by atoms with Gasteiger partial charge in [0.1, 0.15) is 0 Å². The van der Waals surface area contributed by atoms with E-state index in [1.165, 1.54) is 11.8 Å². The first kappa shape index (κ1) is 20.4. The van der Waals surface area contributed by atoms with E-state index in [4.69, 9.17) is 23.2 Å². The summed E-state index contributed by atoms with van der Waals surface area (Å²) in [6.07, 6.45) is 1.59. The number of hydrogen-bond acceptors (Lipinski definition) is 3. The van der Waals surface area contributed by atoms with E-state index in [1.54, 1.807) is 48.5 Å². The second-order valence-corrected chi connectivity index (χ2v) is 7.09. The third-order valence-electron chi connectivity index (χ3n) is 3.39. The first-order valence-electron chi connectivity index (χ1n) is 7.81. The number of nitrogens with one attached hydrogen (secondary N) is 2. The van der Waals surface area contributed by atoms with Gasteiger partial charge in [0.05, 0.1) is 17.0 Å². The van der Waals surface area contributed by atoms with Crippen molar-refractivity contribution in [3.05, 3.63) is 76.3 Å². The maximum atomic E-state index is 12.2. The lowest BCUT2D eigenvalue weighted by atomic mass is 10.1. The number of benzene rings is 2. The maximum absolute atomic E-state index is 12.2. The summed E-state index contributed by atoms with van der Waals surface area (Å²) in [7, 11) is 0. The SMILES string of the molecule is C=CCNC(=O)c1ccccc1NC(=O)CSCc1c(Cl)cccc1Cl. The summed E-state index contributed by atoms with van der Waals surface area (Å²) in [5, 5.41) is 6.62. The van der Waals surface area contributed by atoms with Crippen LogP contribution in [0.25, 0.3) is 0 Å². The van der Waals surface area contributed by atoms with Crippen molar-refractivity contribution in [2.24, 2.45) is 0 Å². The Labute approximate surface area is 167 Å². The molecular weight excluding hydrogens is 391 g/mol. The molecule has 0 aromatic heterocycles. The first-order chi connectivity index (χ1) is 12.5. The molecule has 0 spiro atoms. The summed E-state index contributed by atoms with van der Waals surface area (Å²) >= 11 is 13.6. The third kappa shape index (κ3) is 5.80. The topological polar surface area (TPSA) is 58.2 Å². The highest BCUT2D eigenvalue weighted by Crippen LogP contribution is 2.28. The molecule has 0 fully saturated rings. The van der Waals surface area contributed by atoms with E-state index >= 15 is 0 Å². The van der Waals surface area contributed by atoms with Gasteiger partial charge in [0.15, 0.2) is 0 Å². The third-order valence-corrected chi connectivity index (χ3v) is 5.06. The molecule has 0 aliphatic heterocycles. The van der Waals surface area contributed by atoms with Crippen LogP contribution in [0.3, 0.4) is 0 Å². The lowest BCUT2D eigenvalue weighted by Gasteiger charge is -2.11. The normalized spacial score (nSPS) is 10.2. The molecule has 0 aliphatic carbocycles. The quantitative estimate of drug-likeness (QED) is 0.617. The molecule has 2 rings (SSSR count). The monoisotopic (exact) mass is 408 g/mol. The predicted molar refractivity (Wildman–Crippen MR) is 110 cm³/mol. The molecule has 7 heteroatoms. The Kier molecular flexibility index (Phi) is 8.04. The Morgan fingerprint density at radius 2 is 1.77 bits per heavy atom. The van der Waals surface area contributed by atoms with Crippen molar-refractivity contribution in [3.63, 3.8) is 0 Å². The minimum atomic E-state index is -0.267. The van der Waals surface area contributed by atoms with Gasteiger partial charge < -0.3 is 10.6 Å². The predicted octanol–water partition coefficient (Wildman–Crippen LogP) is 4.78. The number of halogens is 2. The van der Waals surface area contributed by atoms with Crippen molar-refractivity contribution in [3.8, 4) is 0 Å². The molecule has 0 heterocycles. The summed E-state index contributed by atoms with van der Waals surface area (Å²) in [4.78, 5) is 24.4. The van der Waals surface area contributed by atoms with E-state index in [-0.39, 0.29) is 17.6 Å². The van der Waals surface area contributed by atoms with Gasteiger partial charge in [-0.15, -0.1) is 18.3 Å². The maximum Gasteiger partial charge on any atom is 0.253 e. The average molecular weight is 409 g/mol. The van der Waals surface area contributed by atoms with E-state index < -0.39 is 0 Å². The van der Waals surface area contributed by atoms with Crippen molar-refractivity contribution >= 4 is 52.5 Å². The van der Waals surface area contributed by atoms with Gasteiger partial charge in [-0.3, -0.25) is 9.59 Å². The van der Waals surface area contributed by atoms with Gasteiger partial charge in [-0.1, -0.05) is 47.5 Å². The van der Waals surface area contributed by atoms with Crippen molar-refractivity contribution in [1.82, 2.24) is 5.32 Å². The van der Waals surface area contributed by atoms with E-state index in [0.717, 1.165) is 5.56 Å². The lowest BCUT2D eigenvalue weighted by molar-refractivity contribution is -0.113. The molecule has 0 unspecified atom stereocenters. The smallest absolute Gasteiger partial charge is 0.253 e. The summed E-state index contributed by atoms with van der Waals surface area (Å²) in [5.41, 5.74) is 1.68. The Bertz CT molecular complexity index is 792. The molecule has 26 heavy (non-hydrogen) atoms. The van der Waals surface area contributed by atoms with Crippen LogP contribution in [-0.4, -0.2) is 24.1 Å². The molecule has 2 aromatic carbocycles. The molecule has 2 aromatic rings. The van der Waals surface area contributed by atoms with Crippen molar-refractivity contribution < 1.29 is 9.59 Å². The lowest BCUT2D eigenvalue weighted by Crippen LogP contribution is -2.25. The van der Waals surface area contributed by atoms with Crippen molar-refractivity contribution in [1.29, 1.82) is 0 Å². The second-order valence-electron chi connectivity index (χ2n) is 5.29. The van der Waals surface area contributed by atoms with E-state index in [0.29, 0.717) is 33.6 Å². The van der Waals surface area contributed by atoms with Crippen LogP contribution < -0.4 is 10.6 Å². The Morgan fingerprint density at radius 3 is 2.46 bits per heavy atom. The number of rotatable bonds is 8. The molecule has 0 saturated carbocycles. The number of thioether (sulfide) groups is 1. The molecule has 0 atom stereocenters. The fourth-order valence-corrected chi connectivity index (χ4v) is 3.72. The van der Waals surface area contributed by atoms with Gasteiger partial charge >= 0.3 is 0 Å². The highest BCUT2D eigenvalue weighted by molar-refractivity contribution is 7.99. The molecule has 2 N–H and O–H groups in total. The van der Waals surface area contributed by atoms with Gasteiger partial charge in [0.2, 0.25) is 5.91 Å². The molecular formula is C19H18Cl2N2O2S. The highest BCUT2D eigenvalue weighted by atomic mass is 35.5. The zero-order chi connectivity index (χ0) is 18.9. The number of carbonyl (C=O) groups is 2. The van der Waals surface area contributed by atoms with Gasteiger partial charge in [0.25, 0.3) is 5.91 Å². The van der Waals surface area contributed by atoms with Gasteiger partial charge in [-0.2, -0.15) is 0 Å². The largest absolute Gasteiger partial charge is 0.349 e. The average Bonchev–Trinajstić information content (AvgIpc) is 2.62. The van der Waals surface area contributed by atoms with E-state index in [2.05, 4.69) is 17.2 Å². The zero-order valence-electron chi connectivity index (χ0n) is 13.9. The summed E-state index contributed by atoms with van der Waals surface area (Å²) in [6.45, 7) is 3.92. The van der Waals surface area contributed by atoms with Crippen LogP contribution in [-0.2, 0) is 10.5 Å². The van der Waals surface area contributed by atoms with Crippen LogP contribution in [0, 0.1) is 0 Å². The fraction of sp³-hybridized carbons (Fsp3) is 0.158. The Balaban J connectivity index is 1.94. The zero-order valence-corrected chi connectivity index (χ0v) is 16.3. The molecule has 0 saturated heterocycles. The molecule has 0 bridgehead atoms. The summed E-state index contributed by atoms with van der Waals surface area (Å²) in [6, 6.07) is 12.2. The minimum Gasteiger partial charge on any atom is -0.349 e. The summed E-state index contributed by atoms with van der Waals surface area (Å²) in [5.74, 6) is 0.260. The van der Waals surface area contributed by atoms with E-state index in [9.17, 15) is 9.59 Å². The van der Waals surface area contributed by atoms with E-state index in [1.807, 2.05) is 0 Å². The molecule has 0 aliphatic rings. The van der Waals surface area contributed by atoms with Crippen LogP contribution in [0.1, 0.15) is 15.9 Å². The van der Waals surface area contributed by atoms with Crippen molar-refractivity contribution in [2.45, 2.75) is 5.75 Å². The minimum absolute atomic E-state index is 0.206. The number of anilines is 1. The van der Waals surface area contributed by atoms with Crippen LogP contribution in [0.4, 0.5) is 5.69 Å². The Hall–Kier alpha value is -1.95. The summed E-state index contributed by atoms with van der Waals surface area (Å²) < 4.78 is 0. The highest BCUT2D eigenvalue weighted by Gasteiger charge is 2.13. The number of para-hydroxylation sites is 1. The fourth-order valence-electron chi connectivity index (χ4n) is 2.15. The van der Waals surface area contributed by atoms with Crippen LogP contribution in [0.2, 0.25) is 10.0 Å². The number of amides is 2. The Morgan fingerprint density at radius 1 is 1.08 bits per heavy atom.